The molecule has 1 aromatic carbocycles. The Balaban J connectivity index is 1.86. The fourth-order valence-electron chi connectivity index (χ4n) is 3.21. The van der Waals surface area contributed by atoms with E-state index in [9.17, 15) is 4.79 Å². The minimum atomic E-state index is 0.0534. The highest BCUT2D eigenvalue weighted by Crippen LogP contribution is 2.31. The number of amides is 1. The largest absolute Gasteiger partial charge is 0.398 e. The lowest BCUT2D eigenvalue weighted by molar-refractivity contribution is -0.0445. The van der Waals surface area contributed by atoms with Crippen LogP contribution in [0, 0.1) is 6.92 Å². The smallest absolute Gasteiger partial charge is 0.256 e. The van der Waals surface area contributed by atoms with Gasteiger partial charge in [0.05, 0.1) is 24.3 Å². The summed E-state index contributed by atoms with van der Waals surface area (Å²) in [5.74, 6) is 0.0534. The predicted molar refractivity (Wildman–Crippen MR) is 74.0 cm³/mol. The maximum atomic E-state index is 12.7. The van der Waals surface area contributed by atoms with Gasteiger partial charge in [0.25, 0.3) is 5.91 Å². The van der Waals surface area contributed by atoms with Crippen molar-refractivity contribution in [2.24, 2.45) is 0 Å². The molecule has 1 aliphatic carbocycles. The van der Waals surface area contributed by atoms with Crippen molar-refractivity contribution >= 4 is 11.6 Å². The summed E-state index contributed by atoms with van der Waals surface area (Å²) < 4.78 is 5.74. The van der Waals surface area contributed by atoms with Crippen LogP contribution in [-0.2, 0) is 4.74 Å². The van der Waals surface area contributed by atoms with Gasteiger partial charge < -0.3 is 15.4 Å². The number of nitrogens with zero attached hydrogens (tertiary/aromatic N) is 1. The molecule has 1 aliphatic heterocycles. The van der Waals surface area contributed by atoms with Gasteiger partial charge in [-0.25, -0.2) is 0 Å². The van der Waals surface area contributed by atoms with Gasteiger partial charge in [0.2, 0.25) is 0 Å². The van der Waals surface area contributed by atoms with Crippen molar-refractivity contribution in [3.05, 3.63) is 29.3 Å². The lowest BCUT2D eigenvalue weighted by atomic mass is 10.1. The highest BCUT2D eigenvalue weighted by atomic mass is 16.5. The molecule has 2 unspecified atom stereocenters. The van der Waals surface area contributed by atoms with Crippen LogP contribution in [0.2, 0.25) is 0 Å². The zero-order valence-corrected chi connectivity index (χ0v) is 11.3. The number of rotatable bonds is 1. The van der Waals surface area contributed by atoms with Crippen LogP contribution in [0.3, 0.4) is 0 Å². The summed E-state index contributed by atoms with van der Waals surface area (Å²) in [4.78, 5) is 14.6. The number of hydrogen-bond donors (Lipinski definition) is 1. The molecular formula is C15H20N2O2. The number of hydrogen-bond acceptors (Lipinski definition) is 3. The molecule has 102 valence electrons. The number of nitrogens with two attached hydrogens (primary N) is 1. The lowest BCUT2D eigenvalue weighted by Crippen LogP contribution is -2.51. The van der Waals surface area contributed by atoms with E-state index in [1.165, 1.54) is 0 Å². The SMILES string of the molecule is Cc1ccc(C(=O)N2CCOC3CCCC32)c(N)c1. The molecule has 1 aromatic rings. The van der Waals surface area contributed by atoms with Crippen molar-refractivity contribution in [1.29, 1.82) is 0 Å². The summed E-state index contributed by atoms with van der Waals surface area (Å²) in [6.45, 7) is 3.29. The van der Waals surface area contributed by atoms with Gasteiger partial charge in [0.1, 0.15) is 0 Å². The number of carbonyl (C=O) groups excluding carboxylic acids is 1. The van der Waals surface area contributed by atoms with Gasteiger partial charge in [-0.2, -0.15) is 0 Å². The minimum Gasteiger partial charge on any atom is -0.398 e. The van der Waals surface area contributed by atoms with E-state index in [4.69, 9.17) is 10.5 Å². The molecule has 2 fully saturated rings. The van der Waals surface area contributed by atoms with Crippen molar-refractivity contribution in [2.75, 3.05) is 18.9 Å². The molecular weight excluding hydrogens is 240 g/mol. The Bertz CT molecular complexity index is 501. The van der Waals surface area contributed by atoms with Crippen LogP contribution in [0.5, 0.6) is 0 Å². The van der Waals surface area contributed by atoms with Crippen LogP contribution in [0.15, 0.2) is 18.2 Å². The van der Waals surface area contributed by atoms with Crippen LogP contribution < -0.4 is 5.73 Å². The Labute approximate surface area is 113 Å². The average molecular weight is 260 g/mol. The first-order chi connectivity index (χ1) is 9.16. The van der Waals surface area contributed by atoms with Gasteiger partial charge >= 0.3 is 0 Å². The highest BCUT2D eigenvalue weighted by Gasteiger charge is 2.38. The maximum absolute atomic E-state index is 12.7. The van der Waals surface area contributed by atoms with Crippen LogP contribution in [-0.4, -0.2) is 36.1 Å². The van der Waals surface area contributed by atoms with Gasteiger partial charge in [0.15, 0.2) is 0 Å². The molecule has 4 heteroatoms. The Hall–Kier alpha value is -1.55. The summed E-state index contributed by atoms with van der Waals surface area (Å²) in [5, 5.41) is 0. The van der Waals surface area contributed by atoms with E-state index < -0.39 is 0 Å². The summed E-state index contributed by atoms with van der Waals surface area (Å²) in [5.41, 5.74) is 8.26. The molecule has 4 nitrogen and oxygen atoms in total. The Morgan fingerprint density at radius 1 is 1.42 bits per heavy atom. The number of fused-ring (bicyclic) bond motifs is 1. The zero-order chi connectivity index (χ0) is 13.4. The summed E-state index contributed by atoms with van der Waals surface area (Å²) >= 11 is 0. The molecule has 3 rings (SSSR count). The Kier molecular flexibility index (Phi) is 3.19. The quantitative estimate of drug-likeness (QED) is 0.785. The van der Waals surface area contributed by atoms with Crippen LogP contribution >= 0.6 is 0 Å². The monoisotopic (exact) mass is 260 g/mol. The first kappa shape index (κ1) is 12.5. The fraction of sp³-hybridized carbons (Fsp3) is 0.533. The van der Waals surface area contributed by atoms with E-state index >= 15 is 0 Å². The predicted octanol–water partition coefficient (Wildman–Crippen LogP) is 1.97. The van der Waals surface area contributed by atoms with Gasteiger partial charge in [0, 0.05) is 12.2 Å². The Morgan fingerprint density at radius 3 is 3.05 bits per heavy atom. The number of carbonyl (C=O) groups is 1. The topological polar surface area (TPSA) is 55.6 Å². The van der Waals surface area contributed by atoms with E-state index in [-0.39, 0.29) is 18.1 Å². The van der Waals surface area contributed by atoms with E-state index in [0.717, 1.165) is 24.8 Å². The zero-order valence-electron chi connectivity index (χ0n) is 11.3. The second-order valence-electron chi connectivity index (χ2n) is 5.50. The van der Waals surface area contributed by atoms with Gasteiger partial charge in [-0.15, -0.1) is 0 Å². The van der Waals surface area contributed by atoms with Crippen molar-refractivity contribution in [3.63, 3.8) is 0 Å². The number of benzene rings is 1. The van der Waals surface area contributed by atoms with E-state index in [0.29, 0.717) is 24.4 Å². The average Bonchev–Trinajstić information content (AvgIpc) is 2.86. The lowest BCUT2D eigenvalue weighted by Gasteiger charge is -2.37. The van der Waals surface area contributed by atoms with Crippen molar-refractivity contribution in [1.82, 2.24) is 4.90 Å². The summed E-state index contributed by atoms with van der Waals surface area (Å²) in [6.07, 6.45) is 3.48. The standard InChI is InChI=1S/C15H20N2O2/c1-10-5-6-11(12(16)9-10)15(18)17-7-8-19-14-4-2-3-13(14)17/h5-6,9,13-14H,2-4,7-8,16H2,1H3. The second kappa shape index (κ2) is 4.85. The molecule has 1 amide bonds. The molecule has 2 aliphatic rings. The molecule has 1 heterocycles. The summed E-state index contributed by atoms with van der Waals surface area (Å²) in [6, 6.07) is 5.88. The maximum Gasteiger partial charge on any atom is 0.256 e. The summed E-state index contributed by atoms with van der Waals surface area (Å²) in [7, 11) is 0. The number of aryl methyl sites for hydroxylation is 1. The first-order valence-electron chi connectivity index (χ1n) is 6.95. The van der Waals surface area contributed by atoms with Crippen molar-refractivity contribution < 1.29 is 9.53 Å². The number of anilines is 1. The first-order valence-corrected chi connectivity index (χ1v) is 6.95. The Morgan fingerprint density at radius 2 is 2.26 bits per heavy atom. The third-order valence-corrected chi connectivity index (χ3v) is 4.18. The third-order valence-electron chi connectivity index (χ3n) is 4.18. The van der Waals surface area contributed by atoms with Crippen LogP contribution in [0.1, 0.15) is 35.2 Å². The molecule has 0 aromatic heterocycles. The normalized spacial score (nSPS) is 26.3. The van der Waals surface area contributed by atoms with E-state index in [1.807, 2.05) is 30.0 Å². The van der Waals surface area contributed by atoms with E-state index in [2.05, 4.69) is 0 Å². The van der Waals surface area contributed by atoms with Crippen molar-refractivity contribution in [3.8, 4) is 0 Å². The van der Waals surface area contributed by atoms with Crippen LogP contribution in [0.25, 0.3) is 0 Å². The molecule has 0 radical (unpaired) electrons. The number of nitrogen functional groups attached to an aromatic ring is 1. The molecule has 0 bridgehead atoms. The molecule has 1 saturated carbocycles. The molecule has 2 atom stereocenters. The van der Waals surface area contributed by atoms with Gasteiger partial charge in [-0.05, 0) is 43.9 Å². The second-order valence-corrected chi connectivity index (χ2v) is 5.50. The third kappa shape index (κ3) is 2.21. The van der Waals surface area contributed by atoms with Gasteiger partial charge in [-0.3, -0.25) is 4.79 Å². The molecule has 2 N–H and O–H groups in total. The molecule has 1 saturated heterocycles. The van der Waals surface area contributed by atoms with Crippen molar-refractivity contribution in [2.45, 2.75) is 38.3 Å². The van der Waals surface area contributed by atoms with Crippen LogP contribution in [0.4, 0.5) is 5.69 Å². The molecule has 19 heavy (non-hydrogen) atoms. The fourth-order valence-corrected chi connectivity index (χ4v) is 3.21. The molecule has 0 spiro atoms. The van der Waals surface area contributed by atoms with Gasteiger partial charge in [-0.1, -0.05) is 6.07 Å². The number of ether oxygens (including phenoxy) is 1. The van der Waals surface area contributed by atoms with E-state index in [1.54, 1.807) is 0 Å². The highest BCUT2D eigenvalue weighted by molar-refractivity contribution is 5.99. The number of morpholine rings is 1. The minimum absolute atomic E-state index is 0.0534.